The highest BCUT2D eigenvalue weighted by atomic mass is 32.1. The second-order valence-electron chi connectivity index (χ2n) is 3.55. The molecular weight excluding hydrogens is 210 g/mol. The molecule has 0 bridgehead atoms. The van der Waals surface area contributed by atoms with E-state index in [1.807, 2.05) is 25.3 Å². The van der Waals surface area contributed by atoms with Crippen molar-refractivity contribution in [1.29, 1.82) is 0 Å². The van der Waals surface area contributed by atoms with E-state index in [-0.39, 0.29) is 6.61 Å². The minimum absolute atomic E-state index is 0.124. The van der Waals surface area contributed by atoms with Gasteiger partial charge in [-0.1, -0.05) is 0 Å². The highest BCUT2D eigenvalue weighted by molar-refractivity contribution is 7.09. The molecule has 0 aliphatic heterocycles. The molecule has 0 radical (unpaired) electrons. The molecule has 0 aliphatic carbocycles. The van der Waals surface area contributed by atoms with Crippen LogP contribution in [0.15, 0.2) is 10.2 Å². The number of aliphatic hydroxyl groups excluding tert-OH is 1. The van der Waals surface area contributed by atoms with Crippen LogP contribution >= 0.6 is 11.3 Å². The molecule has 4 nitrogen and oxygen atoms in total. The SMILES string of the molecule is CC(C)=NN=c1sc(C)c(C)n1CCO. The van der Waals surface area contributed by atoms with Gasteiger partial charge in [0.1, 0.15) is 0 Å². The molecule has 0 unspecified atom stereocenters. The number of hydrogen-bond acceptors (Lipinski definition) is 4. The Morgan fingerprint density at radius 1 is 1.40 bits per heavy atom. The summed E-state index contributed by atoms with van der Waals surface area (Å²) in [5.74, 6) is 0. The van der Waals surface area contributed by atoms with Gasteiger partial charge < -0.3 is 9.67 Å². The van der Waals surface area contributed by atoms with E-state index in [4.69, 9.17) is 5.11 Å². The lowest BCUT2D eigenvalue weighted by Gasteiger charge is -2.01. The van der Waals surface area contributed by atoms with Crippen molar-refractivity contribution in [1.82, 2.24) is 4.57 Å². The highest BCUT2D eigenvalue weighted by Crippen LogP contribution is 2.09. The molecule has 15 heavy (non-hydrogen) atoms. The molecule has 1 aromatic heterocycles. The maximum Gasteiger partial charge on any atom is 0.211 e. The van der Waals surface area contributed by atoms with Crippen LogP contribution < -0.4 is 4.80 Å². The average molecular weight is 227 g/mol. The van der Waals surface area contributed by atoms with Crippen LogP contribution in [-0.2, 0) is 6.54 Å². The molecule has 0 aliphatic rings. The van der Waals surface area contributed by atoms with Crippen molar-refractivity contribution in [2.45, 2.75) is 34.2 Å². The van der Waals surface area contributed by atoms with Gasteiger partial charge in [-0.05, 0) is 27.7 Å². The zero-order valence-electron chi connectivity index (χ0n) is 9.61. The lowest BCUT2D eigenvalue weighted by atomic mass is 10.4. The maximum absolute atomic E-state index is 8.96. The van der Waals surface area contributed by atoms with Gasteiger partial charge in [-0.3, -0.25) is 0 Å². The predicted molar refractivity (Wildman–Crippen MR) is 63.2 cm³/mol. The first-order valence-electron chi connectivity index (χ1n) is 4.89. The van der Waals surface area contributed by atoms with E-state index in [1.54, 1.807) is 11.3 Å². The summed E-state index contributed by atoms with van der Waals surface area (Å²) in [6.45, 7) is 8.60. The second kappa shape index (κ2) is 5.23. The van der Waals surface area contributed by atoms with Gasteiger partial charge in [-0.2, -0.15) is 5.10 Å². The molecule has 1 N–H and O–H groups in total. The van der Waals surface area contributed by atoms with E-state index in [9.17, 15) is 0 Å². The zero-order valence-corrected chi connectivity index (χ0v) is 10.4. The largest absolute Gasteiger partial charge is 0.395 e. The lowest BCUT2D eigenvalue weighted by Crippen LogP contribution is -2.18. The first-order valence-corrected chi connectivity index (χ1v) is 5.70. The normalized spacial score (nSPS) is 11.9. The molecule has 0 fully saturated rings. The van der Waals surface area contributed by atoms with Crippen LogP contribution in [0.4, 0.5) is 0 Å². The predicted octanol–water partition coefficient (Wildman–Crippen LogP) is 1.46. The third-order valence-electron chi connectivity index (χ3n) is 2.05. The molecule has 84 valence electrons. The fourth-order valence-electron chi connectivity index (χ4n) is 1.18. The van der Waals surface area contributed by atoms with Gasteiger partial charge in [0.15, 0.2) is 0 Å². The third kappa shape index (κ3) is 3.00. The van der Waals surface area contributed by atoms with Crippen molar-refractivity contribution < 1.29 is 5.11 Å². The topological polar surface area (TPSA) is 49.9 Å². The van der Waals surface area contributed by atoms with Gasteiger partial charge in [-0.25, -0.2) is 0 Å². The van der Waals surface area contributed by atoms with Crippen molar-refractivity contribution >= 4 is 17.0 Å². The van der Waals surface area contributed by atoms with E-state index in [2.05, 4.69) is 17.1 Å². The Bertz CT molecular complexity index is 424. The van der Waals surface area contributed by atoms with Gasteiger partial charge >= 0.3 is 0 Å². The molecule has 0 aromatic carbocycles. The van der Waals surface area contributed by atoms with Crippen LogP contribution in [0.25, 0.3) is 0 Å². The summed E-state index contributed by atoms with van der Waals surface area (Å²) in [6, 6.07) is 0. The second-order valence-corrected chi connectivity index (χ2v) is 4.73. The zero-order chi connectivity index (χ0) is 11.4. The van der Waals surface area contributed by atoms with Crippen molar-refractivity contribution in [3.8, 4) is 0 Å². The minimum atomic E-state index is 0.124. The van der Waals surface area contributed by atoms with Crippen LogP contribution in [0.5, 0.6) is 0 Å². The molecule has 0 amide bonds. The molecule has 0 spiro atoms. The smallest absolute Gasteiger partial charge is 0.211 e. The third-order valence-corrected chi connectivity index (χ3v) is 3.14. The van der Waals surface area contributed by atoms with E-state index < -0.39 is 0 Å². The van der Waals surface area contributed by atoms with Gasteiger partial charge in [0, 0.05) is 22.8 Å². The number of rotatable bonds is 3. The van der Waals surface area contributed by atoms with Crippen molar-refractivity contribution in [3.05, 3.63) is 15.4 Å². The van der Waals surface area contributed by atoms with Crippen molar-refractivity contribution in [2.24, 2.45) is 10.2 Å². The fourth-order valence-corrected chi connectivity index (χ4v) is 2.13. The van der Waals surface area contributed by atoms with Gasteiger partial charge in [0.05, 0.1) is 6.61 Å². The molecule has 1 heterocycles. The fraction of sp³-hybridized carbons (Fsp3) is 0.600. The first kappa shape index (κ1) is 12.1. The summed E-state index contributed by atoms with van der Waals surface area (Å²) in [5.41, 5.74) is 2.08. The van der Waals surface area contributed by atoms with Crippen LogP contribution in [0.2, 0.25) is 0 Å². The number of nitrogens with zero attached hydrogens (tertiary/aromatic N) is 3. The quantitative estimate of drug-likeness (QED) is 0.617. The molecule has 1 rings (SSSR count). The summed E-state index contributed by atoms with van der Waals surface area (Å²) in [6.07, 6.45) is 0. The van der Waals surface area contributed by atoms with Crippen LogP contribution in [0.3, 0.4) is 0 Å². The Balaban J connectivity index is 3.23. The average Bonchev–Trinajstić information content (AvgIpc) is 2.43. The summed E-state index contributed by atoms with van der Waals surface area (Å²) in [7, 11) is 0. The maximum atomic E-state index is 8.96. The Morgan fingerprint density at radius 3 is 2.60 bits per heavy atom. The molecule has 0 atom stereocenters. The lowest BCUT2D eigenvalue weighted by molar-refractivity contribution is 0.273. The standard InChI is InChI=1S/C10H17N3OS/c1-7(2)11-12-10-13(5-6-14)8(3)9(4)15-10/h14H,5-6H2,1-4H3. The Hall–Kier alpha value is -0.940. The van der Waals surface area contributed by atoms with Crippen LogP contribution in [0.1, 0.15) is 24.4 Å². The van der Waals surface area contributed by atoms with Crippen LogP contribution in [0, 0.1) is 13.8 Å². The Kier molecular flexibility index (Phi) is 4.23. The van der Waals surface area contributed by atoms with Crippen LogP contribution in [-0.4, -0.2) is 22.0 Å². The number of thiazole rings is 1. The van der Waals surface area contributed by atoms with E-state index >= 15 is 0 Å². The van der Waals surface area contributed by atoms with Crippen molar-refractivity contribution in [3.63, 3.8) is 0 Å². The number of aliphatic hydroxyl groups is 1. The van der Waals surface area contributed by atoms with Gasteiger partial charge in [-0.15, -0.1) is 16.4 Å². The Labute approximate surface area is 93.6 Å². The number of aryl methyl sites for hydroxylation is 1. The van der Waals surface area contributed by atoms with Gasteiger partial charge in [0.25, 0.3) is 0 Å². The number of aromatic nitrogens is 1. The summed E-state index contributed by atoms with van der Waals surface area (Å²) < 4.78 is 1.99. The summed E-state index contributed by atoms with van der Waals surface area (Å²) in [4.78, 5) is 2.06. The van der Waals surface area contributed by atoms with E-state index in [0.29, 0.717) is 6.54 Å². The van der Waals surface area contributed by atoms with Gasteiger partial charge in [0.2, 0.25) is 4.80 Å². The van der Waals surface area contributed by atoms with E-state index in [1.165, 1.54) is 4.88 Å². The molecule has 1 aromatic rings. The molecular formula is C10H17N3OS. The minimum Gasteiger partial charge on any atom is -0.395 e. The molecule has 5 heteroatoms. The molecule has 0 saturated carbocycles. The summed E-state index contributed by atoms with van der Waals surface area (Å²) >= 11 is 1.60. The summed E-state index contributed by atoms with van der Waals surface area (Å²) in [5, 5.41) is 17.2. The monoisotopic (exact) mass is 227 g/mol. The highest BCUT2D eigenvalue weighted by Gasteiger charge is 2.04. The first-order chi connectivity index (χ1) is 7.06. The Morgan fingerprint density at radius 2 is 2.07 bits per heavy atom. The van der Waals surface area contributed by atoms with E-state index in [0.717, 1.165) is 16.2 Å². The van der Waals surface area contributed by atoms with Crippen molar-refractivity contribution in [2.75, 3.05) is 6.61 Å². The molecule has 0 saturated heterocycles. The number of hydrogen-bond donors (Lipinski definition) is 1.